The molecule has 1 atom stereocenters. The quantitative estimate of drug-likeness (QED) is 0.349. The molecule has 19 heavy (non-hydrogen) atoms. The van der Waals surface area contributed by atoms with Crippen molar-refractivity contribution in [1.29, 1.82) is 0 Å². The highest BCUT2D eigenvalue weighted by Crippen LogP contribution is 2.17. The topological polar surface area (TPSA) is 0 Å². The Balaban J connectivity index is 2.06. The molecule has 0 aliphatic rings. The molecule has 1 heteroatoms. The van der Waals surface area contributed by atoms with Crippen LogP contribution in [0.15, 0.2) is 24.3 Å². The Hall–Kier alpha value is -0.490. The predicted octanol–water partition coefficient (Wildman–Crippen LogP) is 6.29. The highest BCUT2D eigenvalue weighted by molar-refractivity contribution is 6.20. The minimum absolute atomic E-state index is 0.303. The van der Waals surface area contributed by atoms with Crippen LogP contribution in [0.5, 0.6) is 0 Å². The molecular weight excluding hydrogens is 252 g/mol. The molecule has 0 radical (unpaired) electrons. The van der Waals surface area contributed by atoms with Gasteiger partial charge in [0.05, 0.1) is 0 Å². The summed E-state index contributed by atoms with van der Waals surface area (Å²) in [4.78, 5) is 0. The monoisotopic (exact) mass is 280 g/mol. The molecule has 0 bridgehead atoms. The normalized spacial score (nSPS) is 12.6. The van der Waals surface area contributed by atoms with E-state index < -0.39 is 0 Å². The zero-order chi connectivity index (χ0) is 13.9. The second kappa shape index (κ2) is 10.3. The molecule has 0 nitrogen and oxygen atoms in total. The van der Waals surface area contributed by atoms with Gasteiger partial charge in [-0.25, -0.2) is 0 Å². The third kappa shape index (κ3) is 8.31. The molecule has 0 amide bonds. The van der Waals surface area contributed by atoms with Gasteiger partial charge in [-0.1, -0.05) is 81.7 Å². The van der Waals surface area contributed by atoms with Crippen molar-refractivity contribution in [2.24, 2.45) is 0 Å². The molecule has 1 aromatic rings. The summed E-state index contributed by atoms with van der Waals surface area (Å²) in [6, 6.07) is 8.71. The van der Waals surface area contributed by atoms with Crippen molar-refractivity contribution < 1.29 is 0 Å². The van der Waals surface area contributed by atoms with Gasteiger partial charge in [0.15, 0.2) is 0 Å². The van der Waals surface area contributed by atoms with Gasteiger partial charge in [0.1, 0.15) is 0 Å². The summed E-state index contributed by atoms with van der Waals surface area (Å²) in [5.74, 6) is 0. The molecule has 0 fully saturated rings. The van der Waals surface area contributed by atoms with E-state index in [1.807, 2.05) is 0 Å². The van der Waals surface area contributed by atoms with Crippen molar-refractivity contribution >= 4 is 11.6 Å². The maximum absolute atomic E-state index is 6.43. The Morgan fingerprint density at radius 2 is 1.68 bits per heavy atom. The SMILES string of the molecule is CCCCCCCCCC(Cl)Cc1cccc(C)c1. The molecule has 0 aliphatic heterocycles. The van der Waals surface area contributed by atoms with E-state index in [0.29, 0.717) is 5.38 Å². The van der Waals surface area contributed by atoms with E-state index in [9.17, 15) is 0 Å². The third-order valence-corrected chi connectivity index (χ3v) is 4.03. The van der Waals surface area contributed by atoms with Gasteiger partial charge >= 0.3 is 0 Å². The highest BCUT2D eigenvalue weighted by atomic mass is 35.5. The number of halogens is 1. The van der Waals surface area contributed by atoms with Crippen molar-refractivity contribution in [3.8, 4) is 0 Å². The zero-order valence-corrected chi connectivity index (χ0v) is 13.4. The Kier molecular flexibility index (Phi) is 8.99. The van der Waals surface area contributed by atoms with Crippen LogP contribution in [0, 0.1) is 6.92 Å². The van der Waals surface area contributed by atoms with Crippen LogP contribution in [0.25, 0.3) is 0 Å². The molecule has 0 spiro atoms. The minimum atomic E-state index is 0.303. The molecule has 1 rings (SSSR count). The predicted molar refractivity (Wildman–Crippen MR) is 87.1 cm³/mol. The average Bonchev–Trinajstić information content (AvgIpc) is 2.37. The average molecular weight is 281 g/mol. The smallest absolute Gasteiger partial charge is 0.0376 e. The molecule has 0 saturated carbocycles. The van der Waals surface area contributed by atoms with Crippen molar-refractivity contribution in [3.05, 3.63) is 35.4 Å². The zero-order valence-electron chi connectivity index (χ0n) is 12.6. The summed E-state index contributed by atoms with van der Waals surface area (Å²) in [6.45, 7) is 4.41. The number of hydrogen-bond acceptors (Lipinski definition) is 0. The minimum Gasteiger partial charge on any atom is -0.123 e. The second-order valence-corrected chi connectivity index (χ2v) is 6.32. The first kappa shape index (κ1) is 16.6. The third-order valence-electron chi connectivity index (χ3n) is 3.66. The molecule has 108 valence electrons. The molecule has 1 unspecified atom stereocenters. The first-order valence-corrected chi connectivity index (χ1v) is 8.35. The second-order valence-electron chi connectivity index (χ2n) is 5.70. The first-order chi connectivity index (χ1) is 9.22. The van der Waals surface area contributed by atoms with E-state index in [1.54, 1.807) is 0 Å². The van der Waals surface area contributed by atoms with E-state index in [1.165, 1.54) is 56.1 Å². The number of alkyl halides is 1. The number of hydrogen-bond donors (Lipinski definition) is 0. The van der Waals surface area contributed by atoms with Crippen molar-refractivity contribution in [2.75, 3.05) is 0 Å². The van der Waals surface area contributed by atoms with Crippen LogP contribution < -0.4 is 0 Å². The molecule has 0 aromatic heterocycles. The van der Waals surface area contributed by atoms with Crippen LogP contribution in [0.2, 0.25) is 0 Å². The fourth-order valence-corrected chi connectivity index (χ4v) is 2.85. The summed E-state index contributed by atoms with van der Waals surface area (Å²) in [5.41, 5.74) is 2.71. The molecule has 0 saturated heterocycles. The van der Waals surface area contributed by atoms with Gasteiger partial charge < -0.3 is 0 Å². The Morgan fingerprint density at radius 1 is 1.00 bits per heavy atom. The fourth-order valence-electron chi connectivity index (χ4n) is 2.52. The lowest BCUT2D eigenvalue weighted by Gasteiger charge is -2.10. The molecule has 1 aromatic carbocycles. The van der Waals surface area contributed by atoms with Crippen LogP contribution in [0.3, 0.4) is 0 Å². The summed E-state index contributed by atoms with van der Waals surface area (Å²) in [6.07, 6.45) is 11.7. The van der Waals surface area contributed by atoms with Crippen LogP contribution in [-0.2, 0) is 6.42 Å². The maximum Gasteiger partial charge on any atom is 0.0376 e. The van der Waals surface area contributed by atoms with Gasteiger partial charge in [-0.05, 0) is 25.3 Å². The van der Waals surface area contributed by atoms with Gasteiger partial charge in [-0.15, -0.1) is 11.6 Å². The summed E-state index contributed by atoms with van der Waals surface area (Å²) in [7, 11) is 0. The van der Waals surface area contributed by atoms with Gasteiger partial charge in [-0.2, -0.15) is 0 Å². The lowest BCUT2D eigenvalue weighted by atomic mass is 10.0. The van der Waals surface area contributed by atoms with Crippen LogP contribution in [0.4, 0.5) is 0 Å². The van der Waals surface area contributed by atoms with E-state index >= 15 is 0 Å². The standard InChI is InChI=1S/C18H29Cl/c1-3-4-5-6-7-8-9-13-18(19)15-17-12-10-11-16(2)14-17/h10-12,14,18H,3-9,13,15H2,1-2H3. The van der Waals surface area contributed by atoms with Crippen molar-refractivity contribution in [2.45, 2.75) is 77.0 Å². The first-order valence-electron chi connectivity index (χ1n) is 7.92. The lowest BCUT2D eigenvalue weighted by Crippen LogP contribution is -2.03. The largest absolute Gasteiger partial charge is 0.123 e. The van der Waals surface area contributed by atoms with E-state index in [2.05, 4.69) is 38.1 Å². The number of benzene rings is 1. The van der Waals surface area contributed by atoms with E-state index in [4.69, 9.17) is 11.6 Å². The van der Waals surface area contributed by atoms with Gasteiger partial charge in [0.2, 0.25) is 0 Å². The van der Waals surface area contributed by atoms with Gasteiger partial charge in [-0.3, -0.25) is 0 Å². The molecule has 0 aliphatic carbocycles. The highest BCUT2D eigenvalue weighted by Gasteiger charge is 2.05. The number of unbranched alkanes of at least 4 members (excludes halogenated alkanes) is 6. The Bertz CT molecular complexity index is 332. The number of aryl methyl sites for hydroxylation is 1. The molecular formula is C18H29Cl. The van der Waals surface area contributed by atoms with E-state index in [0.717, 1.165) is 12.8 Å². The summed E-state index contributed by atoms with van der Waals surface area (Å²) >= 11 is 6.43. The van der Waals surface area contributed by atoms with E-state index in [-0.39, 0.29) is 0 Å². The van der Waals surface area contributed by atoms with Crippen LogP contribution in [-0.4, -0.2) is 5.38 Å². The summed E-state index contributed by atoms with van der Waals surface area (Å²) in [5, 5.41) is 0.303. The Morgan fingerprint density at radius 3 is 2.37 bits per heavy atom. The van der Waals surface area contributed by atoms with Gasteiger partial charge in [0.25, 0.3) is 0 Å². The molecule has 0 N–H and O–H groups in total. The Labute approximate surface area is 124 Å². The van der Waals surface area contributed by atoms with Crippen molar-refractivity contribution in [1.82, 2.24) is 0 Å². The fraction of sp³-hybridized carbons (Fsp3) is 0.667. The molecule has 0 heterocycles. The van der Waals surface area contributed by atoms with Gasteiger partial charge in [0, 0.05) is 5.38 Å². The lowest BCUT2D eigenvalue weighted by molar-refractivity contribution is 0.567. The number of rotatable bonds is 10. The van der Waals surface area contributed by atoms with Crippen LogP contribution in [0.1, 0.15) is 69.4 Å². The maximum atomic E-state index is 6.43. The summed E-state index contributed by atoms with van der Waals surface area (Å²) < 4.78 is 0. The van der Waals surface area contributed by atoms with Crippen LogP contribution >= 0.6 is 11.6 Å². The van der Waals surface area contributed by atoms with Crippen molar-refractivity contribution in [3.63, 3.8) is 0 Å².